The van der Waals surface area contributed by atoms with Gasteiger partial charge in [0.1, 0.15) is 5.52 Å². The number of hydrogen-bond acceptors (Lipinski definition) is 8. The molecule has 2 aromatic heterocycles. The molecule has 0 radical (unpaired) electrons. The van der Waals surface area contributed by atoms with Crippen molar-refractivity contribution in [3.05, 3.63) is 79.1 Å². The van der Waals surface area contributed by atoms with Gasteiger partial charge in [-0.25, -0.2) is 9.97 Å². The van der Waals surface area contributed by atoms with Gasteiger partial charge >= 0.3 is 0 Å². The van der Waals surface area contributed by atoms with E-state index in [1.54, 1.807) is 18.5 Å². The van der Waals surface area contributed by atoms with E-state index < -0.39 is 0 Å². The number of pyridine rings is 1. The van der Waals surface area contributed by atoms with Crippen LogP contribution in [-0.2, 0) is 4.79 Å². The van der Waals surface area contributed by atoms with Crippen LogP contribution in [0, 0.1) is 0 Å². The van der Waals surface area contributed by atoms with Gasteiger partial charge in [-0.15, -0.1) is 0 Å². The second-order valence-electron chi connectivity index (χ2n) is 9.43. The van der Waals surface area contributed by atoms with Crippen molar-refractivity contribution < 1.29 is 4.79 Å². The highest BCUT2D eigenvalue weighted by Gasteiger charge is 2.12. The van der Waals surface area contributed by atoms with Crippen molar-refractivity contribution >= 4 is 39.8 Å². The van der Waals surface area contributed by atoms with E-state index in [9.17, 15) is 4.79 Å². The molecule has 194 valence electrons. The normalized spacial score (nSPS) is 13.8. The van der Waals surface area contributed by atoms with Gasteiger partial charge in [0, 0.05) is 79.2 Å². The molecule has 3 heterocycles. The third kappa shape index (κ3) is 6.31. The molecule has 3 N–H and O–H groups in total. The first-order chi connectivity index (χ1) is 18.5. The first-order valence-electron chi connectivity index (χ1n) is 12.7. The molecule has 1 aliphatic rings. The summed E-state index contributed by atoms with van der Waals surface area (Å²) in [5.74, 6) is 0.323. The molecule has 2 aromatic carbocycles. The smallest absolute Gasteiger partial charge is 0.248 e. The zero-order valence-electron chi connectivity index (χ0n) is 21.7. The van der Waals surface area contributed by atoms with Crippen LogP contribution in [0.5, 0.6) is 0 Å². The highest BCUT2D eigenvalue weighted by Crippen LogP contribution is 2.28. The van der Waals surface area contributed by atoms with Gasteiger partial charge < -0.3 is 25.8 Å². The van der Waals surface area contributed by atoms with Crippen molar-refractivity contribution in [2.24, 2.45) is 0 Å². The molecule has 0 atom stereocenters. The van der Waals surface area contributed by atoms with Crippen LogP contribution < -0.4 is 20.9 Å². The van der Waals surface area contributed by atoms with Crippen molar-refractivity contribution in [1.82, 2.24) is 25.2 Å². The summed E-state index contributed by atoms with van der Waals surface area (Å²) < 4.78 is 0. The Balaban J connectivity index is 1.35. The van der Waals surface area contributed by atoms with Crippen molar-refractivity contribution in [3.8, 4) is 11.3 Å². The van der Waals surface area contributed by atoms with Crippen LogP contribution in [0.3, 0.4) is 0 Å². The molecule has 4 aromatic rings. The third-order valence-electron chi connectivity index (χ3n) is 6.25. The van der Waals surface area contributed by atoms with E-state index in [1.807, 2.05) is 67.5 Å². The summed E-state index contributed by atoms with van der Waals surface area (Å²) in [6, 6.07) is 17.9. The Morgan fingerprint density at radius 1 is 1.05 bits per heavy atom. The first-order valence-corrected chi connectivity index (χ1v) is 12.7. The summed E-state index contributed by atoms with van der Waals surface area (Å²) >= 11 is 0. The van der Waals surface area contributed by atoms with E-state index in [1.165, 1.54) is 5.69 Å². The molecule has 0 unspecified atom stereocenters. The molecule has 0 aliphatic carbocycles. The predicted molar refractivity (Wildman–Crippen MR) is 154 cm³/mol. The van der Waals surface area contributed by atoms with Gasteiger partial charge in [0.25, 0.3) is 0 Å². The number of carbonyl (C=O) groups excluding carboxylic acids is 1. The van der Waals surface area contributed by atoms with Crippen LogP contribution in [0.4, 0.5) is 23.0 Å². The lowest BCUT2D eigenvalue weighted by atomic mass is 10.1. The SMILES string of the molecule is CN(C)C/C=C/C(=O)Nc1cccc(-c2nccc3cnc(Nc4ccc(N5CCNCC5)cc4)nc23)c1. The molecule has 9 heteroatoms. The zero-order chi connectivity index (χ0) is 26.3. The van der Waals surface area contributed by atoms with Gasteiger partial charge in [-0.1, -0.05) is 18.2 Å². The number of likely N-dealkylation sites (N-methyl/N-ethyl adjacent to an activating group) is 1. The number of aromatic nitrogens is 3. The van der Waals surface area contributed by atoms with Gasteiger partial charge in [-0.3, -0.25) is 9.78 Å². The van der Waals surface area contributed by atoms with Crippen LogP contribution in [-0.4, -0.2) is 72.6 Å². The number of rotatable bonds is 8. The number of fused-ring (bicyclic) bond motifs is 1. The van der Waals surface area contributed by atoms with E-state index in [2.05, 4.69) is 43.0 Å². The zero-order valence-corrected chi connectivity index (χ0v) is 21.7. The van der Waals surface area contributed by atoms with E-state index in [4.69, 9.17) is 4.98 Å². The number of benzene rings is 2. The summed E-state index contributed by atoms with van der Waals surface area (Å²) in [5.41, 5.74) is 5.13. The molecule has 0 saturated carbocycles. The maximum Gasteiger partial charge on any atom is 0.248 e. The van der Waals surface area contributed by atoms with Gasteiger partial charge in [0.05, 0.1) is 5.69 Å². The van der Waals surface area contributed by atoms with E-state index in [0.717, 1.165) is 54.0 Å². The Morgan fingerprint density at radius 2 is 1.87 bits per heavy atom. The molecule has 0 spiro atoms. The monoisotopic (exact) mass is 508 g/mol. The van der Waals surface area contributed by atoms with Crippen LogP contribution in [0.2, 0.25) is 0 Å². The molecule has 9 nitrogen and oxygen atoms in total. The Morgan fingerprint density at radius 3 is 2.66 bits per heavy atom. The Labute approximate surface area is 222 Å². The molecule has 1 aliphatic heterocycles. The minimum absolute atomic E-state index is 0.174. The molecule has 38 heavy (non-hydrogen) atoms. The Hall–Kier alpha value is -4.34. The standard InChI is InChI=1S/C29H32N8O/c1-36(2)16-4-7-26(38)33-24-6-3-5-21(19-24)27-28-22(12-13-31-27)20-32-29(35-28)34-23-8-10-25(11-9-23)37-17-14-30-15-18-37/h3-13,19-20,30H,14-18H2,1-2H3,(H,33,38)(H,32,34,35)/b7-4+. The first kappa shape index (κ1) is 25.3. The maximum absolute atomic E-state index is 12.3. The average molecular weight is 509 g/mol. The van der Waals surface area contributed by atoms with Crippen molar-refractivity contribution in [2.45, 2.75) is 0 Å². The van der Waals surface area contributed by atoms with Gasteiger partial charge in [0.15, 0.2) is 0 Å². The second-order valence-corrected chi connectivity index (χ2v) is 9.43. The Kier molecular flexibility index (Phi) is 7.86. The number of nitrogens with one attached hydrogen (secondary N) is 3. The van der Waals surface area contributed by atoms with E-state index in [-0.39, 0.29) is 5.91 Å². The summed E-state index contributed by atoms with van der Waals surface area (Å²) in [7, 11) is 3.91. The molecular weight excluding hydrogens is 476 g/mol. The number of nitrogens with zero attached hydrogens (tertiary/aromatic N) is 5. The topological polar surface area (TPSA) is 98.3 Å². The summed E-state index contributed by atoms with van der Waals surface area (Å²) in [6.07, 6.45) is 6.92. The number of hydrogen-bond donors (Lipinski definition) is 3. The number of amides is 1. The lowest BCUT2D eigenvalue weighted by Crippen LogP contribution is -2.43. The largest absolute Gasteiger partial charge is 0.369 e. The predicted octanol–water partition coefficient (Wildman–Crippen LogP) is 3.90. The lowest BCUT2D eigenvalue weighted by molar-refractivity contribution is -0.111. The van der Waals surface area contributed by atoms with Crippen LogP contribution in [0.15, 0.2) is 79.1 Å². The van der Waals surface area contributed by atoms with Crippen molar-refractivity contribution in [1.29, 1.82) is 0 Å². The Bertz CT molecular complexity index is 1430. The van der Waals surface area contributed by atoms with Crippen molar-refractivity contribution in [2.75, 3.05) is 62.4 Å². The van der Waals surface area contributed by atoms with Crippen molar-refractivity contribution in [3.63, 3.8) is 0 Å². The highest BCUT2D eigenvalue weighted by molar-refractivity contribution is 6.00. The van der Waals surface area contributed by atoms with Crippen LogP contribution in [0.25, 0.3) is 22.2 Å². The third-order valence-corrected chi connectivity index (χ3v) is 6.25. The van der Waals surface area contributed by atoms with Gasteiger partial charge in [-0.2, -0.15) is 0 Å². The number of piperazine rings is 1. The molecule has 1 saturated heterocycles. The molecular formula is C29H32N8O. The van der Waals surface area contributed by atoms with E-state index in [0.29, 0.717) is 18.2 Å². The fraction of sp³-hybridized carbons (Fsp3) is 0.241. The fourth-order valence-corrected chi connectivity index (χ4v) is 4.33. The van der Waals surface area contributed by atoms with Gasteiger partial charge in [-0.05, 0) is 56.6 Å². The number of carbonyl (C=O) groups is 1. The van der Waals surface area contributed by atoms with Crippen LogP contribution >= 0.6 is 0 Å². The molecule has 1 fully saturated rings. The fourth-order valence-electron chi connectivity index (χ4n) is 4.33. The summed E-state index contributed by atoms with van der Waals surface area (Å²) in [5, 5.41) is 10.5. The van der Waals surface area contributed by atoms with Gasteiger partial charge in [0.2, 0.25) is 11.9 Å². The number of anilines is 4. The molecule has 0 bridgehead atoms. The molecule has 5 rings (SSSR count). The average Bonchev–Trinajstić information content (AvgIpc) is 2.93. The summed E-state index contributed by atoms with van der Waals surface area (Å²) in [6.45, 7) is 4.72. The highest BCUT2D eigenvalue weighted by atomic mass is 16.1. The molecule has 1 amide bonds. The quantitative estimate of drug-likeness (QED) is 0.308. The van der Waals surface area contributed by atoms with E-state index >= 15 is 0 Å². The lowest BCUT2D eigenvalue weighted by Gasteiger charge is -2.29. The van der Waals surface area contributed by atoms with Crippen LogP contribution in [0.1, 0.15) is 0 Å². The maximum atomic E-state index is 12.3. The minimum Gasteiger partial charge on any atom is -0.369 e. The summed E-state index contributed by atoms with van der Waals surface area (Å²) in [4.78, 5) is 30.6. The second kappa shape index (κ2) is 11.8. The minimum atomic E-state index is -0.174.